The van der Waals surface area contributed by atoms with E-state index in [9.17, 15) is 18.4 Å². The number of alkyl halides is 3. The lowest BCUT2D eigenvalue weighted by atomic mass is 10.1. The van der Waals surface area contributed by atoms with Crippen molar-refractivity contribution >= 4 is 11.0 Å². The number of ether oxygens (including phenoxy) is 2. The molecule has 1 atom stereocenters. The Labute approximate surface area is 189 Å². The third-order valence-electron chi connectivity index (χ3n) is 5.55. The molecule has 0 bridgehead atoms. The van der Waals surface area contributed by atoms with E-state index in [0.29, 0.717) is 24.0 Å². The minimum Gasteiger partial charge on any atom is -0.493 e. The monoisotopic (exact) mass is 459 g/mol. The maximum atomic E-state index is 13.8. The van der Waals surface area contributed by atoms with E-state index in [4.69, 9.17) is 9.47 Å². The van der Waals surface area contributed by atoms with Gasteiger partial charge in [0.05, 0.1) is 35.8 Å². The van der Waals surface area contributed by atoms with Gasteiger partial charge in [0.1, 0.15) is 17.3 Å². The van der Waals surface area contributed by atoms with E-state index in [2.05, 4.69) is 15.3 Å². The summed E-state index contributed by atoms with van der Waals surface area (Å²) in [6.45, 7) is 2.31. The Morgan fingerprint density at radius 3 is 2.91 bits per heavy atom. The van der Waals surface area contributed by atoms with Crippen LogP contribution in [0.15, 0.2) is 30.6 Å². The van der Waals surface area contributed by atoms with E-state index in [1.54, 1.807) is 17.7 Å². The average Bonchev–Trinajstić information content (AvgIpc) is 3.45. The Bertz CT molecular complexity index is 1160. The Balaban J connectivity index is 1.48. The zero-order valence-corrected chi connectivity index (χ0v) is 18.2. The molecule has 0 radical (unpaired) electrons. The van der Waals surface area contributed by atoms with E-state index in [0.717, 1.165) is 32.1 Å². The molecule has 7 nitrogen and oxygen atoms in total. The number of nitrogens with zero attached hydrogens (tertiary/aromatic N) is 4. The highest BCUT2D eigenvalue weighted by molar-refractivity contribution is 5.84. The van der Waals surface area contributed by atoms with Crippen LogP contribution in [0.3, 0.4) is 0 Å². The fourth-order valence-electron chi connectivity index (χ4n) is 3.84. The van der Waals surface area contributed by atoms with Crippen LogP contribution < -0.4 is 10.1 Å². The summed E-state index contributed by atoms with van der Waals surface area (Å²) in [5.41, 5.74) is 0.713. The standard InChI is InChI=1S/C23H24F3N5O2/c1-31-14-29-22-19(12-27)30-18(11-20(22)31)15-5-6-21(17(10-15)23(24,25)26)33-9-3-7-28-13-16-4-2-8-32-16/h5-6,10-11,14,16,28H,2-4,7-9,13H2,1H3/t16-/m0/s1. The number of halogens is 3. The number of benzene rings is 1. The van der Waals surface area contributed by atoms with Gasteiger partial charge < -0.3 is 19.4 Å². The van der Waals surface area contributed by atoms with Gasteiger partial charge in [0.2, 0.25) is 0 Å². The average molecular weight is 459 g/mol. The van der Waals surface area contributed by atoms with E-state index in [-0.39, 0.29) is 35.4 Å². The summed E-state index contributed by atoms with van der Waals surface area (Å²) in [5, 5.41) is 12.6. The molecule has 1 N–H and O–H groups in total. The molecule has 0 unspecified atom stereocenters. The van der Waals surface area contributed by atoms with Crippen molar-refractivity contribution in [3.8, 4) is 23.1 Å². The summed E-state index contributed by atoms with van der Waals surface area (Å²) in [6, 6.07) is 7.42. The number of aromatic nitrogens is 3. The summed E-state index contributed by atoms with van der Waals surface area (Å²) >= 11 is 0. The second kappa shape index (κ2) is 9.77. The SMILES string of the molecule is Cn1cnc2c(C#N)nc(-c3ccc(OCCCNC[C@@H]4CCCO4)c(C(F)(F)F)c3)cc21. The Hall–Kier alpha value is -3.16. The first-order valence-electron chi connectivity index (χ1n) is 10.8. The zero-order valence-electron chi connectivity index (χ0n) is 18.2. The molecule has 3 aromatic rings. The Kier molecular flexibility index (Phi) is 6.81. The zero-order chi connectivity index (χ0) is 23.4. The molecule has 0 spiro atoms. The Morgan fingerprint density at radius 2 is 2.18 bits per heavy atom. The molecule has 0 amide bonds. The topological polar surface area (TPSA) is 85.0 Å². The highest BCUT2D eigenvalue weighted by atomic mass is 19.4. The van der Waals surface area contributed by atoms with Crippen molar-refractivity contribution in [1.29, 1.82) is 5.26 Å². The summed E-state index contributed by atoms with van der Waals surface area (Å²) in [6.07, 6.45) is -0.187. The van der Waals surface area contributed by atoms with E-state index >= 15 is 0 Å². The summed E-state index contributed by atoms with van der Waals surface area (Å²) in [5.74, 6) is -0.229. The summed E-state index contributed by atoms with van der Waals surface area (Å²) in [7, 11) is 1.74. The molecule has 10 heteroatoms. The van der Waals surface area contributed by atoms with Gasteiger partial charge in [-0.25, -0.2) is 9.97 Å². The molecule has 1 fully saturated rings. The van der Waals surface area contributed by atoms with Gasteiger partial charge in [-0.1, -0.05) is 0 Å². The number of hydrogen-bond donors (Lipinski definition) is 1. The van der Waals surface area contributed by atoms with Crippen molar-refractivity contribution in [3.63, 3.8) is 0 Å². The molecule has 0 saturated carbocycles. The Morgan fingerprint density at radius 1 is 1.33 bits per heavy atom. The molecule has 33 heavy (non-hydrogen) atoms. The summed E-state index contributed by atoms with van der Waals surface area (Å²) in [4.78, 5) is 8.36. The van der Waals surface area contributed by atoms with Crippen molar-refractivity contribution in [2.24, 2.45) is 7.05 Å². The second-order valence-electron chi connectivity index (χ2n) is 7.94. The van der Waals surface area contributed by atoms with Crippen LogP contribution in [-0.4, -0.2) is 46.9 Å². The van der Waals surface area contributed by atoms with Gasteiger partial charge in [-0.05, 0) is 50.1 Å². The first-order valence-corrected chi connectivity index (χ1v) is 10.8. The lowest BCUT2D eigenvalue weighted by molar-refractivity contribution is -0.138. The molecular weight excluding hydrogens is 435 g/mol. The van der Waals surface area contributed by atoms with Crippen molar-refractivity contribution in [1.82, 2.24) is 19.9 Å². The van der Waals surface area contributed by atoms with Gasteiger partial charge in [-0.15, -0.1) is 0 Å². The van der Waals surface area contributed by atoms with Gasteiger partial charge in [-0.2, -0.15) is 18.4 Å². The predicted octanol–water partition coefficient (Wildman–Crippen LogP) is 4.06. The van der Waals surface area contributed by atoms with Crippen LogP contribution in [0.25, 0.3) is 22.3 Å². The molecule has 2 aromatic heterocycles. The number of rotatable bonds is 8. The third kappa shape index (κ3) is 5.26. The fraction of sp³-hybridized carbons (Fsp3) is 0.435. The van der Waals surface area contributed by atoms with E-state index in [1.165, 1.54) is 18.5 Å². The predicted molar refractivity (Wildman–Crippen MR) is 116 cm³/mol. The minimum atomic E-state index is -4.60. The number of fused-ring (bicyclic) bond motifs is 1. The van der Waals surface area contributed by atoms with Crippen LogP contribution in [0.4, 0.5) is 13.2 Å². The first kappa shape index (κ1) is 23.0. The quantitative estimate of drug-likeness (QED) is 0.512. The van der Waals surface area contributed by atoms with E-state index in [1.807, 2.05) is 6.07 Å². The number of imidazole rings is 1. The van der Waals surface area contributed by atoms with Gasteiger partial charge in [0.15, 0.2) is 5.69 Å². The summed E-state index contributed by atoms with van der Waals surface area (Å²) < 4.78 is 54.0. The lowest BCUT2D eigenvalue weighted by Gasteiger charge is -2.16. The van der Waals surface area contributed by atoms with Crippen LogP contribution in [0.5, 0.6) is 5.75 Å². The molecule has 1 aliphatic rings. The number of pyridine rings is 1. The van der Waals surface area contributed by atoms with Gasteiger partial charge in [0, 0.05) is 25.8 Å². The van der Waals surface area contributed by atoms with Crippen LogP contribution in [-0.2, 0) is 18.0 Å². The molecular formula is C23H24F3N5O2. The largest absolute Gasteiger partial charge is 0.493 e. The van der Waals surface area contributed by atoms with Crippen molar-refractivity contribution < 1.29 is 22.6 Å². The maximum absolute atomic E-state index is 13.8. The third-order valence-corrected chi connectivity index (χ3v) is 5.55. The molecule has 3 heterocycles. The van der Waals surface area contributed by atoms with Crippen molar-refractivity contribution in [2.45, 2.75) is 31.5 Å². The normalized spacial score (nSPS) is 16.3. The number of nitrogens with one attached hydrogen (secondary N) is 1. The van der Waals surface area contributed by atoms with Gasteiger partial charge >= 0.3 is 6.18 Å². The fourth-order valence-corrected chi connectivity index (χ4v) is 3.84. The highest BCUT2D eigenvalue weighted by Gasteiger charge is 2.35. The smallest absolute Gasteiger partial charge is 0.419 e. The van der Waals surface area contributed by atoms with Crippen LogP contribution >= 0.6 is 0 Å². The molecule has 1 saturated heterocycles. The minimum absolute atomic E-state index is 0.0625. The molecule has 1 aromatic carbocycles. The van der Waals surface area contributed by atoms with Crippen LogP contribution in [0.1, 0.15) is 30.5 Å². The molecule has 4 rings (SSSR count). The van der Waals surface area contributed by atoms with Crippen molar-refractivity contribution in [2.75, 3.05) is 26.3 Å². The van der Waals surface area contributed by atoms with Crippen LogP contribution in [0, 0.1) is 11.3 Å². The highest BCUT2D eigenvalue weighted by Crippen LogP contribution is 2.39. The maximum Gasteiger partial charge on any atom is 0.419 e. The molecule has 0 aliphatic carbocycles. The van der Waals surface area contributed by atoms with Crippen LogP contribution in [0.2, 0.25) is 0 Å². The molecule has 1 aliphatic heterocycles. The van der Waals surface area contributed by atoms with Crippen molar-refractivity contribution in [3.05, 3.63) is 41.9 Å². The molecule has 174 valence electrons. The number of aryl methyl sites for hydroxylation is 1. The van der Waals surface area contributed by atoms with Gasteiger partial charge in [-0.3, -0.25) is 0 Å². The van der Waals surface area contributed by atoms with E-state index < -0.39 is 11.7 Å². The van der Waals surface area contributed by atoms with Gasteiger partial charge in [0.25, 0.3) is 0 Å². The number of nitriles is 1. The number of hydrogen-bond acceptors (Lipinski definition) is 6. The second-order valence-corrected chi connectivity index (χ2v) is 7.94. The first-order chi connectivity index (χ1) is 15.9. The lowest BCUT2D eigenvalue weighted by Crippen LogP contribution is -2.27.